The third kappa shape index (κ3) is 4.28. The number of ether oxygens (including phenoxy) is 2. The van der Waals surface area contributed by atoms with Crippen molar-refractivity contribution in [1.29, 1.82) is 0 Å². The van der Waals surface area contributed by atoms with Crippen LogP contribution in [0.3, 0.4) is 0 Å². The summed E-state index contributed by atoms with van der Waals surface area (Å²) in [5.74, 6) is -0.157. The normalized spacial score (nSPS) is 11.6. The molecule has 0 spiro atoms. The van der Waals surface area contributed by atoms with Crippen LogP contribution in [-0.4, -0.2) is 47.5 Å². The third-order valence-electron chi connectivity index (χ3n) is 3.77. The Morgan fingerprint density at radius 2 is 1.96 bits per heavy atom. The predicted octanol–water partition coefficient (Wildman–Crippen LogP) is 1.52. The van der Waals surface area contributed by atoms with Crippen molar-refractivity contribution in [2.24, 2.45) is 0 Å². The van der Waals surface area contributed by atoms with E-state index in [1.54, 1.807) is 20.3 Å². The van der Waals surface area contributed by atoms with Crippen LogP contribution in [0, 0.1) is 0 Å². The first-order chi connectivity index (χ1) is 12.0. The number of carbonyl (C=O) groups excluding carboxylic acids is 1. The predicted molar refractivity (Wildman–Crippen MR) is 90.2 cm³/mol. The number of aromatic nitrogens is 2. The van der Waals surface area contributed by atoms with Gasteiger partial charge in [-0.1, -0.05) is 6.07 Å². The minimum absolute atomic E-state index is 0.210. The fourth-order valence-corrected chi connectivity index (χ4v) is 2.35. The summed E-state index contributed by atoms with van der Waals surface area (Å²) in [5, 5.41) is 15.7. The first-order valence-electron chi connectivity index (χ1n) is 7.73. The minimum atomic E-state index is -1.05. The molecule has 0 aliphatic heterocycles. The SMILES string of the molecule is COc1ccc(CCNC(=O)c2ccnn2C(C)C(=O)O)cc1OC. The van der Waals surface area contributed by atoms with E-state index < -0.39 is 12.0 Å². The molecule has 1 aromatic heterocycles. The van der Waals surface area contributed by atoms with E-state index in [1.165, 1.54) is 23.9 Å². The number of rotatable bonds is 8. The monoisotopic (exact) mass is 347 g/mol. The molecule has 2 N–H and O–H groups in total. The Labute approximate surface area is 145 Å². The highest BCUT2D eigenvalue weighted by molar-refractivity contribution is 5.93. The summed E-state index contributed by atoms with van der Waals surface area (Å²) in [6.07, 6.45) is 2.00. The van der Waals surface area contributed by atoms with Gasteiger partial charge in [-0.25, -0.2) is 9.48 Å². The molecule has 0 saturated heterocycles. The molecule has 0 bridgehead atoms. The highest BCUT2D eigenvalue weighted by Crippen LogP contribution is 2.27. The van der Waals surface area contributed by atoms with E-state index in [1.807, 2.05) is 12.1 Å². The standard InChI is InChI=1S/C17H21N3O5/c1-11(17(22)23)20-13(7-9-19-20)16(21)18-8-6-12-4-5-14(24-2)15(10-12)25-3/h4-5,7,9-11H,6,8H2,1-3H3,(H,18,21)(H,22,23). The maximum absolute atomic E-state index is 12.3. The molecule has 1 atom stereocenters. The van der Waals surface area contributed by atoms with Crippen molar-refractivity contribution < 1.29 is 24.2 Å². The Morgan fingerprint density at radius 1 is 1.24 bits per heavy atom. The molecule has 2 rings (SSSR count). The summed E-state index contributed by atoms with van der Waals surface area (Å²) in [6.45, 7) is 1.86. The van der Waals surface area contributed by atoms with Gasteiger partial charge < -0.3 is 19.9 Å². The Bertz CT molecular complexity index is 756. The zero-order chi connectivity index (χ0) is 18.4. The van der Waals surface area contributed by atoms with E-state index in [0.29, 0.717) is 24.5 Å². The molecule has 0 aliphatic rings. The molecule has 0 saturated carbocycles. The second-order valence-electron chi connectivity index (χ2n) is 5.37. The Morgan fingerprint density at radius 3 is 2.60 bits per heavy atom. The molecule has 8 heteroatoms. The second-order valence-corrected chi connectivity index (χ2v) is 5.37. The molecule has 1 aromatic carbocycles. The van der Waals surface area contributed by atoms with Gasteiger partial charge >= 0.3 is 5.97 Å². The van der Waals surface area contributed by atoms with Gasteiger partial charge in [0.1, 0.15) is 11.7 Å². The number of benzene rings is 1. The highest BCUT2D eigenvalue weighted by Gasteiger charge is 2.20. The fraction of sp³-hybridized carbons (Fsp3) is 0.353. The van der Waals surface area contributed by atoms with Crippen LogP contribution in [0.15, 0.2) is 30.5 Å². The summed E-state index contributed by atoms with van der Waals surface area (Å²) >= 11 is 0. The molecule has 0 fully saturated rings. The first kappa shape index (κ1) is 18.3. The molecule has 1 amide bonds. The summed E-state index contributed by atoms with van der Waals surface area (Å²) in [4.78, 5) is 23.3. The summed E-state index contributed by atoms with van der Waals surface area (Å²) in [7, 11) is 3.13. The van der Waals surface area contributed by atoms with Crippen molar-refractivity contribution in [3.63, 3.8) is 0 Å². The minimum Gasteiger partial charge on any atom is -0.493 e. The quantitative estimate of drug-likeness (QED) is 0.750. The fourth-order valence-electron chi connectivity index (χ4n) is 2.35. The Hall–Kier alpha value is -3.03. The van der Waals surface area contributed by atoms with Crippen LogP contribution in [0.25, 0.3) is 0 Å². The molecule has 1 heterocycles. The average Bonchev–Trinajstić information content (AvgIpc) is 3.10. The number of hydrogen-bond acceptors (Lipinski definition) is 5. The van der Waals surface area contributed by atoms with E-state index >= 15 is 0 Å². The number of carbonyl (C=O) groups is 2. The molecular weight excluding hydrogens is 326 g/mol. The maximum Gasteiger partial charge on any atom is 0.328 e. The van der Waals surface area contributed by atoms with Gasteiger partial charge in [-0.3, -0.25) is 4.79 Å². The van der Waals surface area contributed by atoms with Gasteiger partial charge in [0.2, 0.25) is 0 Å². The lowest BCUT2D eigenvalue weighted by Gasteiger charge is -2.12. The molecule has 8 nitrogen and oxygen atoms in total. The van der Waals surface area contributed by atoms with Crippen LogP contribution in [0.5, 0.6) is 11.5 Å². The maximum atomic E-state index is 12.3. The first-order valence-corrected chi connectivity index (χ1v) is 7.73. The zero-order valence-electron chi connectivity index (χ0n) is 14.4. The number of amides is 1. The van der Waals surface area contributed by atoms with E-state index in [4.69, 9.17) is 14.6 Å². The van der Waals surface area contributed by atoms with E-state index in [9.17, 15) is 9.59 Å². The molecule has 0 radical (unpaired) electrons. The van der Waals surface area contributed by atoms with Gasteiger partial charge in [0.05, 0.1) is 14.2 Å². The molecule has 2 aromatic rings. The van der Waals surface area contributed by atoms with Crippen molar-refractivity contribution in [2.45, 2.75) is 19.4 Å². The average molecular weight is 347 g/mol. The van der Waals surface area contributed by atoms with Crippen molar-refractivity contribution in [3.05, 3.63) is 41.7 Å². The largest absolute Gasteiger partial charge is 0.493 e. The van der Waals surface area contributed by atoms with Crippen LogP contribution < -0.4 is 14.8 Å². The Balaban J connectivity index is 1.98. The van der Waals surface area contributed by atoms with Crippen LogP contribution in [0.4, 0.5) is 0 Å². The van der Waals surface area contributed by atoms with Crippen molar-refractivity contribution in [3.8, 4) is 11.5 Å². The lowest BCUT2D eigenvalue weighted by Crippen LogP contribution is -2.30. The van der Waals surface area contributed by atoms with Crippen LogP contribution in [0.2, 0.25) is 0 Å². The topological polar surface area (TPSA) is 103 Å². The molecule has 134 valence electrons. The number of hydrogen-bond donors (Lipinski definition) is 2. The lowest BCUT2D eigenvalue weighted by molar-refractivity contribution is -0.140. The molecule has 1 unspecified atom stereocenters. The van der Waals surface area contributed by atoms with E-state index in [-0.39, 0.29) is 11.6 Å². The van der Waals surface area contributed by atoms with Crippen LogP contribution in [-0.2, 0) is 11.2 Å². The van der Waals surface area contributed by atoms with E-state index in [2.05, 4.69) is 10.4 Å². The van der Waals surface area contributed by atoms with Gasteiger partial charge in [0.25, 0.3) is 5.91 Å². The molecule has 25 heavy (non-hydrogen) atoms. The van der Waals surface area contributed by atoms with Crippen LogP contribution >= 0.6 is 0 Å². The van der Waals surface area contributed by atoms with Gasteiger partial charge in [0.15, 0.2) is 11.5 Å². The van der Waals surface area contributed by atoms with Crippen LogP contribution in [0.1, 0.15) is 29.0 Å². The van der Waals surface area contributed by atoms with Crippen molar-refractivity contribution in [2.75, 3.05) is 20.8 Å². The highest BCUT2D eigenvalue weighted by atomic mass is 16.5. The molecular formula is C17H21N3O5. The van der Waals surface area contributed by atoms with Crippen molar-refractivity contribution in [1.82, 2.24) is 15.1 Å². The van der Waals surface area contributed by atoms with Gasteiger partial charge in [-0.05, 0) is 37.1 Å². The number of nitrogens with zero attached hydrogens (tertiary/aromatic N) is 2. The number of methoxy groups -OCH3 is 2. The smallest absolute Gasteiger partial charge is 0.328 e. The number of carboxylic acids is 1. The number of carboxylic acid groups (broad SMARTS) is 1. The summed E-state index contributed by atoms with van der Waals surface area (Å²) in [6, 6.07) is 6.12. The van der Waals surface area contributed by atoms with Gasteiger partial charge in [-0.15, -0.1) is 0 Å². The number of aliphatic carboxylic acids is 1. The summed E-state index contributed by atoms with van der Waals surface area (Å²) in [5.41, 5.74) is 1.19. The van der Waals surface area contributed by atoms with E-state index in [0.717, 1.165) is 5.56 Å². The third-order valence-corrected chi connectivity index (χ3v) is 3.77. The molecule has 0 aliphatic carbocycles. The summed E-state index contributed by atoms with van der Waals surface area (Å²) < 4.78 is 11.6. The number of nitrogens with one attached hydrogen (secondary N) is 1. The van der Waals surface area contributed by atoms with Crippen molar-refractivity contribution >= 4 is 11.9 Å². The Kier molecular flexibility index (Phi) is 5.99. The lowest BCUT2D eigenvalue weighted by atomic mass is 10.1. The second kappa shape index (κ2) is 8.18. The van der Waals surface area contributed by atoms with Gasteiger partial charge in [-0.2, -0.15) is 5.10 Å². The zero-order valence-corrected chi connectivity index (χ0v) is 14.4. The van der Waals surface area contributed by atoms with Gasteiger partial charge in [0, 0.05) is 12.7 Å².